The van der Waals surface area contributed by atoms with Crippen molar-refractivity contribution in [3.8, 4) is 5.88 Å². The van der Waals surface area contributed by atoms with Crippen molar-refractivity contribution in [3.05, 3.63) is 11.3 Å². The fourth-order valence-corrected chi connectivity index (χ4v) is 1.86. The lowest BCUT2D eigenvalue weighted by molar-refractivity contribution is -0.148. The maximum Gasteiger partial charge on any atom is 0.348 e. The topological polar surface area (TPSA) is 85.9 Å². The van der Waals surface area contributed by atoms with Crippen molar-refractivity contribution in [2.75, 3.05) is 7.11 Å². The molecule has 1 aliphatic heterocycles. The van der Waals surface area contributed by atoms with Crippen LogP contribution in [0.4, 0.5) is 0 Å². The fourth-order valence-electron chi connectivity index (χ4n) is 1.86. The average molecular weight is 239 g/mol. The van der Waals surface area contributed by atoms with Crippen LogP contribution in [0, 0.1) is 6.92 Å². The molecule has 0 radical (unpaired) electrons. The molecule has 1 aromatic rings. The highest BCUT2D eigenvalue weighted by Crippen LogP contribution is 2.27. The van der Waals surface area contributed by atoms with E-state index in [-0.39, 0.29) is 6.42 Å². The van der Waals surface area contributed by atoms with E-state index in [1.807, 2.05) is 6.92 Å². The Labute approximate surface area is 97.6 Å². The first-order chi connectivity index (χ1) is 8.04. The molecule has 0 bridgehead atoms. The van der Waals surface area contributed by atoms with Crippen LogP contribution in [0.25, 0.3) is 0 Å². The number of nitrogens with zero attached hydrogens (tertiary/aromatic N) is 3. The zero-order valence-electron chi connectivity index (χ0n) is 9.80. The second-order valence-electron chi connectivity index (χ2n) is 3.77. The van der Waals surface area contributed by atoms with Gasteiger partial charge in [0.1, 0.15) is 0 Å². The summed E-state index contributed by atoms with van der Waals surface area (Å²) in [7, 11) is 3.28. The number of rotatable bonds is 3. The third kappa shape index (κ3) is 1.83. The molecule has 0 amide bonds. The maximum absolute atomic E-state index is 10.8. The Morgan fingerprint density at radius 2 is 2.35 bits per heavy atom. The zero-order valence-corrected chi connectivity index (χ0v) is 9.80. The number of hydrogen-bond acceptors (Lipinski definition) is 5. The maximum atomic E-state index is 10.8. The predicted molar refractivity (Wildman–Crippen MR) is 58.2 cm³/mol. The van der Waals surface area contributed by atoms with Crippen LogP contribution in [0.1, 0.15) is 17.7 Å². The molecular weight excluding hydrogens is 226 g/mol. The number of carbonyl (C=O) groups is 1. The third-order valence-corrected chi connectivity index (χ3v) is 2.60. The molecular formula is C10H13N3O4. The van der Waals surface area contributed by atoms with Crippen molar-refractivity contribution in [1.82, 2.24) is 9.78 Å². The van der Waals surface area contributed by atoms with E-state index < -0.39 is 12.1 Å². The molecule has 92 valence electrons. The van der Waals surface area contributed by atoms with Gasteiger partial charge in [-0.1, -0.05) is 5.16 Å². The predicted octanol–water partition coefficient (Wildman–Crippen LogP) is 0.315. The lowest BCUT2D eigenvalue weighted by Gasteiger charge is -2.03. The number of carboxylic acids is 1. The molecule has 1 aromatic heterocycles. The molecule has 2 heterocycles. The van der Waals surface area contributed by atoms with Crippen LogP contribution in [-0.4, -0.2) is 39.8 Å². The van der Waals surface area contributed by atoms with Gasteiger partial charge in [0.2, 0.25) is 12.0 Å². The van der Waals surface area contributed by atoms with E-state index in [1.165, 1.54) is 7.11 Å². The minimum Gasteiger partial charge on any atom is -0.481 e. The molecule has 1 atom stereocenters. The van der Waals surface area contributed by atoms with Crippen LogP contribution in [0.3, 0.4) is 0 Å². The number of oxime groups is 1. The number of hydrogen-bond donors (Lipinski definition) is 1. The summed E-state index contributed by atoms with van der Waals surface area (Å²) in [6.45, 7) is 1.81. The van der Waals surface area contributed by atoms with Crippen LogP contribution < -0.4 is 4.74 Å². The number of aliphatic carboxylic acids is 1. The molecule has 17 heavy (non-hydrogen) atoms. The molecule has 0 saturated heterocycles. The summed E-state index contributed by atoms with van der Waals surface area (Å²) in [5, 5.41) is 16.8. The lowest BCUT2D eigenvalue weighted by Crippen LogP contribution is -2.20. The van der Waals surface area contributed by atoms with E-state index in [0.717, 1.165) is 5.69 Å². The Balaban J connectivity index is 2.33. The molecule has 1 N–H and O–H groups in total. The fraction of sp³-hybridized carbons (Fsp3) is 0.500. The summed E-state index contributed by atoms with van der Waals surface area (Å²) >= 11 is 0. The van der Waals surface area contributed by atoms with Gasteiger partial charge in [-0.25, -0.2) is 9.48 Å². The smallest absolute Gasteiger partial charge is 0.348 e. The van der Waals surface area contributed by atoms with Gasteiger partial charge in [-0.3, -0.25) is 0 Å². The molecule has 7 nitrogen and oxygen atoms in total. The Morgan fingerprint density at radius 1 is 1.65 bits per heavy atom. The Hall–Kier alpha value is -2.05. The minimum atomic E-state index is -1.02. The molecule has 1 aliphatic rings. The van der Waals surface area contributed by atoms with Gasteiger partial charge in [0, 0.05) is 13.5 Å². The second-order valence-corrected chi connectivity index (χ2v) is 3.77. The van der Waals surface area contributed by atoms with Gasteiger partial charge in [0.05, 0.1) is 24.1 Å². The quantitative estimate of drug-likeness (QED) is 0.820. The Morgan fingerprint density at radius 3 is 2.88 bits per heavy atom. The van der Waals surface area contributed by atoms with E-state index in [4.69, 9.17) is 14.7 Å². The van der Waals surface area contributed by atoms with Crippen LogP contribution >= 0.6 is 0 Å². The monoisotopic (exact) mass is 239 g/mol. The number of ether oxygens (including phenoxy) is 1. The summed E-state index contributed by atoms with van der Waals surface area (Å²) in [5.41, 5.74) is 2.00. The minimum absolute atomic E-state index is 0.220. The normalized spacial score (nSPS) is 18.8. The number of carboxylic acid groups (broad SMARTS) is 1. The highest BCUT2D eigenvalue weighted by molar-refractivity contribution is 6.05. The molecule has 0 aliphatic carbocycles. The van der Waals surface area contributed by atoms with Crippen molar-refractivity contribution in [2.24, 2.45) is 12.2 Å². The van der Waals surface area contributed by atoms with Gasteiger partial charge in [-0.05, 0) is 6.92 Å². The van der Waals surface area contributed by atoms with Crippen molar-refractivity contribution in [2.45, 2.75) is 19.4 Å². The molecule has 0 fully saturated rings. The van der Waals surface area contributed by atoms with Crippen molar-refractivity contribution in [3.63, 3.8) is 0 Å². The molecule has 2 rings (SSSR count). The first kappa shape index (κ1) is 11.4. The standard InChI is InChI=1S/C10H13N3O4/c1-5-8(9(16-3)13(2)11-5)6-4-7(10(14)15)17-12-6/h7H,4H2,1-3H3,(H,14,15). The van der Waals surface area contributed by atoms with Gasteiger partial charge < -0.3 is 14.7 Å². The highest BCUT2D eigenvalue weighted by atomic mass is 16.7. The van der Waals surface area contributed by atoms with Crippen molar-refractivity contribution < 1.29 is 19.5 Å². The summed E-state index contributed by atoms with van der Waals surface area (Å²) in [6, 6.07) is 0. The van der Waals surface area contributed by atoms with Gasteiger partial charge in [0.15, 0.2) is 0 Å². The third-order valence-electron chi connectivity index (χ3n) is 2.60. The lowest BCUT2D eigenvalue weighted by atomic mass is 10.1. The van der Waals surface area contributed by atoms with Gasteiger partial charge in [-0.15, -0.1) is 0 Å². The van der Waals surface area contributed by atoms with Gasteiger partial charge >= 0.3 is 5.97 Å². The van der Waals surface area contributed by atoms with Crippen LogP contribution in [0.5, 0.6) is 5.88 Å². The molecule has 7 heteroatoms. The van der Waals surface area contributed by atoms with E-state index in [2.05, 4.69) is 10.3 Å². The van der Waals surface area contributed by atoms with E-state index in [1.54, 1.807) is 11.7 Å². The van der Waals surface area contributed by atoms with E-state index in [0.29, 0.717) is 17.2 Å². The van der Waals surface area contributed by atoms with E-state index >= 15 is 0 Å². The van der Waals surface area contributed by atoms with Crippen molar-refractivity contribution in [1.29, 1.82) is 0 Å². The van der Waals surface area contributed by atoms with Crippen molar-refractivity contribution >= 4 is 11.7 Å². The number of aromatic nitrogens is 2. The van der Waals surface area contributed by atoms with E-state index in [9.17, 15) is 4.79 Å². The summed E-state index contributed by atoms with van der Waals surface area (Å²) in [4.78, 5) is 15.6. The van der Waals surface area contributed by atoms with Crippen LogP contribution in [0.2, 0.25) is 0 Å². The first-order valence-corrected chi connectivity index (χ1v) is 5.08. The second kappa shape index (κ2) is 4.08. The molecule has 0 aromatic carbocycles. The average Bonchev–Trinajstić information content (AvgIpc) is 2.82. The number of methoxy groups -OCH3 is 1. The molecule has 0 saturated carbocycles. The molecule has 0 spiro atoms. The van der Waals surface area contributed by atoms with Crippen LogP contribution in [0.15, 0.2) is 5.16 Å². The SMILES string of the molecule is COc1c(C2=NOC(C(=O)O)C2)c(C)nn1C. The molecule has 1 unspecified atom stereocenters. The summed E-state index contributed by atoms with van der Waals surface area (Å²) in [6.07, 6.45) is -0.701. The highest BCUT2D eigenvalue weighted by Gasteiger charge is 2.32. The number of aryl methyl sites for hydroxylation is 2. The summed E-state index contributed by atoms with van der Waals surface area (Å²) < 4.78 is 6.81. The zero-order chi connectivity index (χ0) is 12.6. The Kier molecular flexibility index (Phi) is 2.74. The summed E-state index contributed by atoms with van der Waals surface area (Å²) in [5.74, 6) is -0.472. The van der Waals surface area contributed by atoms with Gasteiger partial charge in [0.25, 0.3) is 0 Å². The largest absolute Gasteiger partial charge is 0.481 e. The van der Waals surface area contributed by atoms with Crippen LogP contribution in [-0.2, 0) is 16.7 Å². The van der Waals surface area contributed by atoms with Gasteiger partial charge in [-0.2, -0.15) is 5.10 Å². The Bertz CT molecular complexity index is 492. The first-order valence-electron chi connectivity index (χ1n) is 5.08.